The van der Waals surface area contributed by atoms with Gasteiger partial charge in [-0.3, -0.25) is 0 Å². The fraction of sp³-hybridized carbons (Fsp3) is 0.400. The molecule has 0 heterocycles. The number of sulfone groups is 1. The van der Waals surface area contributed by atoms with Crippen LogP contribution in [-0.2, 0) is 15.6 Å². The minimum atomic E-state index is -3.17. The average molecular weight is 267 g/mol. The summed E-state index contributed by atoms with van der Waals surface area (Å²) < 4.78 is 23.4. The number of halogens is 2. The predicted molar refractivity (Wildman–Crippen MR) is 64.2 cm³/mol. The summed E-state index contributed by atoms with van der Waals surface area (Å²) in [5.74, 6) is -0.108. The van der Waals surface area contributed by atoms with E-state index in [0.29, 0.717) is 15.6 Å². The van der Waals surface area contributed by atoms with Crippen LogP contribution in [0.25, 0.3) is 0 Å². The molecule has 0 saturated carbocycles. The summed E-state index contributed by atoms with van der Waals surface area (Å²) in [4.78, 5) is 0. The van der Waals surface area contributed by atoms with E-state index in [1.807, 2.05) is 0 Å². The van der Waals surface area contributed by atoms with Crippen molar-refractivity contribution in [3.63, 3.8) is 0 Å². The van der Waals surface area contributed by atoms with Crippen molar-refractivity contribution >= 4 is 33.0 Å². The molecule has 0 spiro atoms. The Morgan fingerprint density at radius 3 is 2.07 bits per heavy atom. The fourth-order valence-corrected chi connectivity index (χ4v) is 2.77. The molecule has 0 saturated heterocycles. The molecule has 0 radical (unpaired) electrons. The van der Waals surface area contributed by atoms with E-state index >= 15 is 0 Å². The van der Waals surface area contributed by atoms with Crippen LogP contribution in [0.1, 0.15) is 19.4 Å². The van der Waals surface area contributed by atoms with Gasteiger partial charge in [0.2, 0.25) is 0 Å². The van der Waals surface area contributed by atoms with E-state index in [1.165, 1.54) is 0 Å². The molecule has 15 heavy (non-hydrogen) atoms. The first-order valence-corrected chi connectivity index (χ1v) is 6.96. The second kappa shape index (κ2) is 4.73. The van der Waals surface area contributed by atoms with Gasteiger partial charge in [0.25, 0.3) is 0 Å². The predicted octanol–water partition coefficient (Wildman–Crippen LogP) is 3.32. The maximum Gasteiger partial charge on any atom is 0.156 e. The van der Waals surface area contributed by atoms with Crippen LogP contribution < -0.4 is 0 Å². The molecule has 0 N–H and O–H groups in total. The summed E-state index contributed by atoms with van der Waals surface area (Å²) >= 11 is 11.8. The molecule has 0 bridgehead atoms. The molecule has 1 aromatic rings. The first-order chi connectivity index (χ1) is 6.84. The lowest BCUT2D eigenvalue weighted by Gasteiger charge is -2.10. The van der Waals surface area contributed by atoms with Crippen molar-refractivity contribution in [2.45, 2.75) is 24.9 Å². The molecule has 0 aliphatic rings. The van der Waals surface area contributed by atoms with Gasteiger partial charge in [-0.05, 0) is 26.0 Å². The van der Waals surface area contributed by atoms with Crippen molar-refractivity contribution in [3.8, 4) is 0 Å². The molecule has 84 valence electrons. The van der Waals surface area contributed by atoms with Gasteiger partial charge in [-0.25, -0.2) is 8.42 Å². The third-order valence-corrected chi connectivity index (χ3v) is 4.96. The molecule has 1 aromatic carbocycles. The summed E-state index contributed by atoms with van der Waals surface area (Å²) in [5.41, 5.74) is 0.481. The highest BCUT2D eigenvalue weighted by molar-refractivity contribution is 7.91. The first kappa shape index (κ1) is 12.8. The Balaban J connectivity index is 3.11. The monoisotopic (exact) mass is 266 g/mol. The summed E-state index contributed by atoms with van der Waals surface area (Å²) in [7, 11) is -3.17. The molecule has 1 rings (SSSR count). The van der Waals surface area contributed by atoms with E-state index in [-0.39, 0.29) is 5.75 Å². The van der Waals surface area contributed by atoms with E-state index in [4.69, 9.17) is 23.2 Å². The van der Waals surface area contributed by atoms with E-state index in [0.717, 1.165) is 0 Å². The van der Waals surface area contributed by atoms with E-state index in [2.05, 4.69) is 0 Å². The molecule has 0 aliphatic heterocycles. The summed E-state index contributed by atoms with van der Waals surface area (Å²) in [6, 6.07) is 4.97. The molecule has 0 unspecified atom stereocenters. The zero-order valence-electron chi connectivity index (χ0n) is 8.50. The molecule has 2 nitrogen and oxygen atoms in total. The maximum absolute atomic E-state index is 11.7. The van der Waals surface area contributed by atoms with Crippen molar-refractivity contribution < 1.29 is 8.42 Å². The molecule has 0 fully saturated rings. The van der Waals surface area contributed by atoms with Crippen LogP contribution in [0.5, 0.6) is 0 Å². The molecule has 5 heteroatoms. The molecule has 0 atom stereocenters. The van der Waals surface area contributed by atoms with E-state index < -0.39 is 15.1 Å². The van der Waals surface area contributed by atoms with Crippen LogP contribution in [-0.4, -0.2) is 13.7 Å². The number of rotatable bonds is 3. The standard InChI is InChI=1S/C10H12Cl2O2S/c1-7(2)15(13,14)6-8-9(11)4-3-5-10(8)12/h3-5,7H,6H2,1-2H3. The smallest absolute Gasteiger partial charge is 0.156 e. The zero-order valence-corrected chi connectivity index (χ0v) is 10.8. The number of hydrogen-bond donors (Lipinski definition) is 0. The minimum Gasteiger partial charge on any atom is -0.228 e. The summed E-state index contributed by atoms with van der Waals surface area (Å²) in [6.45, 7) is 3.28. The fourth-order valence-electron chi connectivity index (χ4n) is 1.04. The lowest BCUT2D eigenvalue weighted by Crippen LogP contribution is -2.16. The van der Waals surface area contributed by atoms with Crippen LogP contribution in [0.2, 0.25) is 10.0 Å². The van der Waals surface area contributed by atoms with Gasteiger partial charge >= 0.3 is 0 Å². The van der Waals surface area contributed by atoms with Gasteiger partial charge in [-0.1, -0.05) is 29.3 Å². The van der Waals surface area contributed by atoms with Gasteiger partial charge in [0.15, 0.2) is 9.84 Å². The summed E-state index contributed by atoms with van der Waals surface area (Å²) in [6.07, 6.45) is 0. The molecular formula is C10H12Cl2O2S. The highest BCUT2D eigenvalue weighted by atomic mass is 35.5. The van der Waals surface area contributed by atoms with Crippen molar-refractivity contribution in [1.29, 1.82) is 0 Å². The lowest BCUT2D eigenvalue weighted by atomic mass is 10.2. The Morgan fingerprint density at radius 1 is 1.20 bits per heavy atom. The number of hydrogen-bond acceptors (Lipinski definition) is 2. The van der Waals surface area contributed by atoms with Gasteiger partial charge in [-0.2, -0.15) is 0 Å². The second-order valence-corrected chi connectivity index (χ2v) is 6.93. The van der Waals surface area contributed by atoms with Gasteiger partial charge in [0.05, 0.1) is 11.0 Å². The van der Waals surface area contributed by atoms with Gasteiger partial charge < -0.3 is 0 Å². The topological polar surface area (TPSA) is 34.1 Å². The van der Waals surface area contributed by atoms with Crippen LogP contribution >= 0.6 is 23.2 Å². The van der Waals surface area contributed by atoms with Crippen molar-refractivity contribution in [2.24, 2.45) is 0 Å². The van der Waals surface area contributed by atoms with Gasteiger partial charge in [-0.15, -0.1) is 0 Å². The van der Waals surface area contributed by atoms with E-state index in [1.54, 1.807) is 32.0 Å². The Kier molecular flexibility index (Phi) is 4.04. The van der Waals surface area contributed by atoms with Crippen LogP contribution in [0, 0.1) is 0 Å². The van der Waals surface area contributed by atoms with Crippen molar-refractivity contribution in [3.05, 3.63) is 33.8 Å². The molecule has 0 amide bonds. The maximum atomic E-state index is 11.7. The largest absolute Gasteiger partial charge is 0.228 e. The SMILES string of the molecule is CC(C)S(=O)(=O)Cc1c(Cl)cccc1Cl. The van der Waals surface area contributed by atoms with Crippen molar-refractivity contribution in [2.75, 3.05) is 0 Å². The third kappa shape index (κ3) is 3.10. The molecular weight excluding hydrogens is 255 g/mol. The molecule has 0 aromatic heterocycles. The quantitative estimate of drug-likeness (QED) is 0.841. The third-order valence-electron chi connectivity index (χ3n) is 2.13. The lowest BCUT2D eigenvalue weighted by molar-refractivity contribution is 0.586. The molecule has 0 aliphatic carbocycles. The van der Waals surface area contributed by atoms with Crippen LogP contribution in [0.3, 0.4) is 0 Å². The summed E-state index contributed by atoms with van der Waals surface area (Å²) in [5, 5.41) is 0.364. The average Bonchev–Trinajstić information content (AvgIpc) is 2.11. The van der Waals surface area contributed by atoms with Gasteiger partial charge in [0, 0.05) is 15.6 Å². The van der Waals surface area contributed by atoms with E-state index in [9.17, 15) is 8.42 Å². The highest BCUT2D eigenvalue weighted by Crippen LogP contribution is 2.27. The second-order valence-electron chi connectivity index (χ2n) is 3.56. The highest BCUT2D eigenvalue weighted by Gasteiger charge is 2.19. The normalized spacial score (nSPS) is 12.1. The Labute approximate surface area is 100 Å². The Morgan fingerprint density at radius 2 is 1.67 bits per heavy atom. The van der Waals surface area contributed by atoms with Crippen LogP contribution in [0.4, 0.5) is 0 Å². The van der Waals surface area contributed by atoms with Crippen LogP contribution in [0.15, 0.2) is 18.2 Å². The Hall–Kier alpha value is -0.250. The van der Waals surface area contributed by atoms with Crippen molar-refractivity contribution in [1.82, 2.24) is 0 Å². The van der Waals surface area contributed by atoms with Gasteiger partial charge in [0.1, 0.15) is 0 Å². The minimum absolute atomic E-state index is 0.108. The Bertz CT molecular complexity index is 432. The number of benzene rings is 1. The zero-order chi connectivity index (χ0) is 11.6. The first-order valence-electron chi connectivity index (χ1n) is 4.49.